The summed E-state index contributed by atoms with van der Waals surface area (Å²) in [6.07, 6.45) is 7.27. The molecule has 1 saturated carbocycles. The monoisotopic (exact) mass is 244 g/mol. The molecule has 0 unspecified atom stereocenters. The molecule has 3 heteroatoms. The normalized spacial score (nSPS) is 16.7. The van der Waals surface area contributed by atoms with Crippen molar-refractivity contribution < 1.29 is 0 Å². The van der Waals surface area contributed by atoms with Crippen molar-refractivity contribution in [3.8, 4) is 0 Å². The highest BCUT2D eigenvalue weighted by molar-refractivity contribution is 8.00. The Morgan fingerprint density at radius 2 is 2.00 bits per heavy atom. The topological polar surface area (TPSA) is 38.9 Å². The first-order valence-corrected chi connectivity index (χ1v) is 7.02. The summed E-state index contributed by atoms with van der Waals surface area (Å²) in [4.78, 5) is 5.76. The van der Waals surface area contributed by atoms with E-state index in [-0.39, 0.29) is 0 Å². The number of nitrogens with two attached hydrogens (primary N) is 1. The first-order valence-electron chi connectivity index (χ1n) is 6.14. The second-order valence-corrected chi connectivity index (χ2v) is 5.92. The maximum Gasteiger partial charge on any atom is 0.0858 e. The molecule has 17 heavy (non-hydrogen) atoms. The fourth-order valence-corrected chi connectivity index (χ4v) is 3.80. The van der Waals surface area contributed by atoms with Crippen LogP contribution in [0.3, 0.4) is 0 Å². The first-order chi connectivity index (χ1) is 8.34. The molecule has 1 aromatic heterocycles. The van der Waals surface area contributed by atoms with E-state index >= 15 is 0 Å². The summed E-state index contributed by atoms with van der Waals surface area (Å²) in [7, 11) is 0. The maximum absolute atomic E-state index is 5.98. The lowest BCUT2D eigenvalue weighted by atomic mass is 10.2. The summed E-state index contributed by atoms with van der Waals surface area (Å²) < 4.78 is 0. The standard InChI is InChI=1S/C14H16N2S/c15-12-7-8-13(17-10-4-1-2-5-10)14-11(12)6-3-9-16-14/h3,6-10H,1-2,4-5,15H2. The molecule has 0 amide bonds. The van der Waals surface area contributed by atoms with Crippen LogP contribution in [0.15, 0.2) is 35.4 Å². The van der Waals surface area contributed by atoms with Gasteiger partial charge in [-0.1, -0.05) is 12.8 Å². The van der Waals surface area contributed by atoms with Gasteiger partial charge in [-0.2, -0.15) is 0 Å². The van der Waals surface area contributed by atoms with Gasteiger partial charge in [-0.3, -0.25) is 4.98 Å². The lowest BCUT2D eigenvalue weighted by Gasteiger charge is -2.11. The maximum atomic E-state index is 5.98. The van der Waals surface area contributed by atoms with E-state index in [0.29, 0.717) is 0 Å². The molecule has 88 valence electrons. The second kappa shape index (κ2) is 4.57. The Bertz CT molecular complexity index is 533. The van der Waals surface area contributed by atoms with Crippen LogP contribution in [-0.2, 0) is 0 Å². The van der Waals surface area contributed by atoms with E-state index in [1.807, 2.05) is 30.1 Å². The molecule has 1 aliphatic carbocycles. The Kier molecular flexibility index (Phi) is 2.93. The third kappa shape index (κ3) is 2.12. The van der Waals surface area contributed by atoms with Crippen LogP contribution in [0.2, 0.25) is 0 Å². The molecule has 1 aliphatic rings. The molecular formula is C14H16N2S. The smallest absolute Gasteiger partial charge is 0.0858 e. The van der Waals surface area contributed by atoms with Crippen molar-refractivity contribution in [2.75, 3.05) is 5.73 Å². The Labute approximate surface area is 106 Å². The van der Waals surface area contributed by atoms with Crippen molar-refractivity contribution >= 4 is 28.4 Å². The van der Waals surface area contributed by atoms with Crippen molar-refractivity contribution in [1.82, 2.24) is 4.98 Å². The highest BCUT2D eigenvalue weighted by Gasteiger charge is 2.17. The van der Waals surface area contributed by atoms with Crippen molar-refractivity contribution in [3.05, 3.63) is 30.5 Å². The number of benzene rings is 1. The van der Waals surface area contributed by atoms with Crippen molar-refractivity contribution in [3.63, 3.8) is 0 Å². The Balaban J connectivity index is 2.01. The average Bonchev–Trinajstić information content (AvgIpc) is 2.86. The Morgan fingerprint density at radius 3 is 2.82 bits per heavy atom. The van der Waals surface area contributed by atoms with Gasteiger partial charge in [0.1, 0.15) is 0 Å². The van der Waals surface area contributed by atoms with Gasteiger partial charge in [0.25, 0.3) is 0 Å². The van der Waals surface area contributed by atoms with Gasteiger partial charge >= 0.3 is 0 Å². The highest BCUT2D eigenvalue weighted by atomic mass is 32.2. The predicted molar refractivity (Wildman–Crippen MR) is 74.3 cm³/mol. The summed E-state index contributed by atoms with van der Waals surface area (Å²) >= 11 is 1.97. The van der Waals surface area contributed by atoms with E-state index < -0.39 is 0 Å². The summed E-state index contributed by atoms with van der Waals surface area (Å²) in [5.41, 5.74) is 7.87. The van der Waals surface area contributed by atoms with Gasteiger partial charge in [-0.15, -0.1) is 11.8 Å². The minimum Gasteiger partial charge on any atom is -0.398 e. The van der Waals surface area contributed by atoms with Crippen LogP contribution in [-0.4, -0.2) is 10.2 Å². The van der Waals surface area contributed by atoms with E-state index in [1.165, 1.54) is 30.6 Å². The molecule has 2 nitrogen and oxygen atoms in total. The molecular weight excluding hydrogens is 228 g/mol. The van der Waals surface area contributed by atoms with Gasteiger partial charge in [0.2, 0.25) is 0 Å². The molecule has 2 N–H and O–H groups in total. The fraction of sp³-hybridized carbons (Fsp3) is 0.357. The van der Waals surface area contributed by atoms with Gasteiger partial charge in [0, 0.05) is 27.4 Å². The molecule has 3 rings (SSSR count). The van der Waals surface area contributed by atoms with Crippen LogP contribution in [0, 0.1) is 0 Å². The average molecular weight is 244 g/mol. The number of nitrogens with zero attached hydrogens (tertiary/aromatic N) is 1. The lowest BCUT2D eigenvalue weighted by Crippen LogP contribution is -1.96. The largest absolute Gasteiger partial charge is 0.398 e. The highest BCUT2D eigenvalue weighted by Crippen LogP contribution is 2.38. The molecule has 0 radical (unpaired) electrons. The Morgan fingerprint density at radius 1 is 1.18 bits per heavy atom. The van der Waals surface area contributed by atoms with Crippen LogP contribution < -0.4 is 5.73 Å². The number of anilines is 1. The zero-order valence-corrected chi connectivity index (χ0v) is 10.5. The van der Waals surface area contributed by atoms with Crippen molar-refractivity contribution in [2.24, 2.45) is 0 Å². The van der Waals surface area contributed by atoms with E-state index in [2.05, 4.69) is 17.1 Å². The molecule has 1 aromatic carbocycles. The third-order valence-corrected chi connectivity index (χ3v) is 4.75. The van der Waals surface area contributed by atoms with E-state index in [9.17, 15) is 0 Å². The fourth-order valence-electron chi connectivity index (χ4n) is 2.45. The minimum atomic E-state index is 0.767. The molecule has 1 fully saturated rings. The summed E-state index contributed by atoms with van der Waals surface area (Å²) in [6.45, 7) is 0. The molecule has 0 bridgehead atoms. The molecule has 0 aliphatic heterocycles. The second-order valence-electron chi connectivity index (χ2n) is 4.58. The number of rotatable bonds is 2. The van der Waals surface area contributed by atoms with Gasteiger partial charge in [0.15, 0.2) is 0 Å². The van der Waals surface area contributed by atoms with Crippen LogP contribution >= 0.6 is 11.8 Å². The predicted octanol–water partition coefficient (Wildman–Crippen LogP) is 3.85. The summed E-state index contributed by atoms with van der Waals surface area (Å²) in [6, 6.07) is 8.12. The van der Waals surface area contributed by atoms with Crippen molar-refractivity contribution in [1.29, 1.82) is 0 Å². The van der Waals surface area contributed by atoms with Crippen LogP contribution in [0.1, 0.15) is 25.7 Å². The molecule has 2 aromatic rings. The van der Waals surface area contributed by atoms with Gasteiger partial charge in [-0.05, 0) is 37.1 Å². The molecule has 0 saturated heterocycles. The van der Waals surface area contributed by atoms with Crippen molar-refractivity contribution in [2.45, 2.75) is 35.8 Å². The van der Waals surface area contributed by atoms with Gasteiger partial charge in [-0.25, -0.2) is 0 Å². The van der Waals surface area contributed by atoms with Crippen LogP contribution in [0.5, 0.6) is 0 Å². The number of fused-ring (bicyclic) bond motifs is 1. The number of hydrogen-bond donors (Lipinski definition) is 1. The molecule has 0 atom stereocenters. The SMILES string of the molecule is Nc1ccc(SC2CCCC2)c2ncccc12. The zero-order valence-electron chi connectivity index (χ0n) is 9.73. The van der Waals surface area contributed by atoms with E-state index in [0.717, 1.165) is 21.8 Å². The van der Waals surface area contributed by atoms with E-state index in [4.69, 9.17) is 5.73 Å². The quantitative estimate of drug-likeness (QED) is 0.815. The van der Waals surface area contributed by atoms with Gasteiger partial charge in [0.05, 0.1) is 5.52 Å². The van der Waals surface area contributed by atoms with Gasteiger partial charge < -0.3 is 5.73 Å². The zero-order chi connectivity index (χ0) is 11.7. The molecule has 0 spiro atoms. The molecule has 1 heterocycles. The number of nitrogen functional groups attached to an aromatic ring is 1. The minimum absolute atomic E-state index is 0.767. The van der Waals surface area contributed by atoms with Crippen LogP contribution in [0.25, 0.3) is 10.9 Å². The van der Waals surface area contributed by atoms with E-state index in [1.54, 1.807) is 0 Å². The number of thioether (sulfide) groups is 1. The van der Waals surface area contributed by atoms with Crippen LogP contribution in [0.4, 0.5) is 5.69 Å². The lowest BCUT2D eigenvalue weighted by molar-refractivity contribution is 0.886. The number of aromatic nitrogens is 1. The Hall–Kier alpha value is -1.22. The number of hydrogen-bond acceptors (Lipinski definition) is 3. The first kappa shape index (κ1) is 10.9. The summed E-state index contributed by atoms with van der Waals surface area (Å²) in [5, 5.41) is 1.85. The summed E-state index contributed by atoms with van der Waals surface area (Å²) in [5.74, 6) is 0. The number of pyridine rings is 1. The third-order valence-electron chi connectivity index (χ3n) is 3.36.